The highest BCUT2D eigenvalue weighted by atomic mass is 35.5. The fraction of sp³-hybridized carbons (Fsp3) is 0.286. The second-order valence-electron chi connectivity index (χ2n) is 4.83. The van der Waals surface area contributed by atoms with Crippen molar-refractivity contribution >= 4 is 29.2 Å². The molecular formula is C14H11Cl2F3N2O4. The van der Waals surface area contributed by atoms with E-state index >= 15 is 0 Å². The first-order valence-electron chi connectivity index (χ1n) is 6.68. The number of halogens is 5. The van der Waals surface area contributed by atoms with Gasteiger partial charge in [-0.05, 0) is 19.1 Å². The molecule has 0 spiro atoms. The third-order valence-electron chi connectivity index (χ3n) is 3.07. The van der Waals surface area contributed by atoms with Crippen LogP contribution in [-0.4, -0.2) is 33.6 Å². The number of aromatic nitrogens is 2. The number of carbonyl (C=O) groups is 1. The number of aliphatic carboxylic acids is 1. The zero-order valence-corrected chi connectivity index (χ0v) is 14.3. The highest BCUT2D eigenvalue weighted by molar-refractivity contribution is 6.34. The average Bonchev–Trinajstić information content (AvgIpc) is 2.77. The summed E-state index contributed by atoms with van der Waals surface area (Å²) in [6, 6.07) is 1.96. The second kappa shape index (κ2) is 7.40. The Kier molecular flexibility index (Phi) is 5.69. The zero-order valence-electron chi connectivity index (χ0n) is 12.8. The maximum Gasteiger partial charge on any atom is 0.388 e. The van der Waals surface area contributed by atoms with E-state index in [2.05, 4.69) is 9.84 Å². The van der Waals surface area contributed by atoms with E-state index in [1.165, 1.54) is 14.0 Å². The lowest BCUT2D eigenvalue weighted by atomic mass is 10.1. The molecule has 25 heavy (non-hydrogen) atoms. The van der Waals surface area contributed by atoms with E-state index in [-0.39, 0.29) is 27.1 Å². The normalized spacial score (nSPS) is 12.3. The van der Waals surface area contributed by atoms with Crippen LogP contribution in [0.2, 0.25) is 10.0 Å². The van der Waals surface area contributed by atoms with Gasteiger partial charge in [0.15, 0.2) is 6.10 Å². The summed E-state index contributed by atoms with van der Waals surface area (Å²) >= 11 is 11.8. The molecule has 2 aromatic rings. The summed E-state index contributed by atoms with van der Waals surface area (Å²) in [5, 5.41) is 12.2. The van der Waals surface area contributed by atoms with Crippen LogP contribution in [0.25, 0.3) is 11.3 Å². The van der Waals surface area contributed by atoms with Crippen molar-refractivity contribution < 1.29 is 32.5 Å². The molecule has 11 heteroatoms. The maximum absolute atomic E-state index is 14.2. The molecule has 0 bridgehead atoms. The Hall–Kier alpha value is -2.13. The van der Waals surface area contributed by atoms with Crippen LogP contribution in [0.3, 0.4) is 0 Å². The Morgan fingerprint density at radius 3 is 2.52 bits per heavy atom. The Morgan fingerprint density at radius 2 is 1.96 bits per heavy atom. The molecule has 1 N–H and O–H groups in total. The smallest absolute Gasteiger partial charge is 0.388 e. The van der Waals surface area contributed by atoms with Gasteiger partial charge in [-0.1, -0.05) is 23.2 Å². The van der Waals surface area contributed by atoms with Crippen LogP contribution in [0.5, 0.6) is 11.6 Å². The Balaban J connectivity index is 2.51. The van der Waals surface area contributed by atoms with Gasteiger partial charge in [0.05, 0.1) is 5.02 Å². The molecule has 0 aliphatic heterocycles. The molecule has 0 saturated heterocycles. The van der Waals surface area contributed by atoms with Gasteiger partial charge in [0.25, 0.3) is 0 Å². The van der Waals surface area contributed by atoms with Gasteiger partial charge in [-0.2, -0.15) is 13.9 Å². The minimum Gasteiger partial charge on any atom is -0.479 e. The Morgan fingerprint density at radius 1 is 1.32 bits per heavy atom. The van der Waals surface area contributed by atoms with Crippen molar-refractivity contribution in [2.75, 3.05) is 0 Å². The van der Waals surface area contributed by atoms with Crippen molar-refractivity contribution in [1.29, 1.82) is 0 Å². The van der Waals surface area contributed by atoms with Gasteiger partial charge in [-0.3, -0.25) is 0 Å². The lowest BCUT2D eigenvalue weighted by Crippen LogP contribution is -2.23. The quantitative estimate of drug-likeness (QED) is 0.796. The van der Waals surface area contributed by atoms with Gasteiger partial charge >= 0.3 is 12.6 Å². The fourth-order valence-electron chi connectivity index (χ4n) is 1.91. The number of hydrogen-bond donors (Lipinski definition) is 1. The van der Waals surface area contributed by atoms with E-state index in [0.29, 0.717) is 0 Å². The first-order valence-corrected chi connectivity index (χ1v) is 7.43. The number of aryl methyl sites for hydroxylation is 1. The summed E-state index contributed by atoms with van der Waals surface area (Å²) in [6.45, 7) is -1.89. The molecule has 2 rings (SSSR count). The first kappa shape index (κ1) is 19.2. The van der Waals surface area contributed by atoms with Crippen molar-refractivity contribution in [3.63, 3.8) is 0 Å². The minimum atomic E-state index is -3.15. The number of alkyl halides is 2. The van der Waals surface area contributed by atoms with Crippen LogP contribution >= 0.6 is 23.2 Å². The van der Waals surface area contributed by atoms with E-state index in [9.17, 15) is 18.0 Å². The monoisotopic (exact) mass is 398 g/mol. The summed E-state index contributed by atoms with van der Waals surface area (Å²) < 4.78 is 49.4. The van der Waals surface area contributed by atoms with E-state index < -0.39 is 30.4 Å². The zero-order chi connectivity index (χ0) is 18.9. The number of benzene rings is 1. The molecule has 0 saturated carbocycles. The molecule has 1 aromatic carbocycles. The van der Waals surface area contributed by atoms with Crippen LogP contribution in [0.4, 0.5) is 13.2 Å². The highest BCUT2D eigenvalue weighted by Crippen LogP contribution is 2.40. The number of carboxylic acids is 1. The summed E-state index contributed by atoms with van der Waals surface area (Å²) in [4.78, 5) is 10.9. The van der Waals surface area contributed by atoms with Gasteiger partial charge in [-0.25, -0.2) is 13.9 Å². The molecule has 6 nitrogen and oxygen atoms in total. The first-order chi connectivity index (χ1) is 11.6. The van der Waals surface area contributed by atoms with Crippen molar-refractivity contribution in [2.45, 2.75) is 19.6 Å². The standard InChI is InChI=1S/C14H11Cl2F3N2O4/c1-5(13(22)23)24-9-3-6(8(17)4-7(9)15)11-10(16)12(21(2)20-11)25-14(18)19/h3-5,14H,1-2H3,(H,22,23). The number of rotatable bonds is 6. The van der Waals surface area contributed by atoms with Gasteiger partial charge in [-0.15, -0.1) is 0 Å². The molecule has 136 valence electrons. The van der Waals surface area contributed by atoms with E-state index in [1.54, 1.807) is 0 Å². The summed E-state index contributed by atoms with van der Waals surface area (Å²) in [5.41, 5.74) is -0.413. The van der Waals surface area contributed by atoms with Crippen molar-refractivity contribution in [3.8, 4) is 22.9 Å². The Labute approximate surface area is 149 Å². The number of hydrogen-bond acceptors (Lipinski definition) is 4. The molecule has 0 aliphatic carbocycles. The topological polar surface area (TPSA) is 73.6 Å². The molecule has 0 amide bonds. The maximum atomic E-state index is 14.2. The summed E-state index contributed by atoms with van der Waals surface area (Å²) in [5.74, 6) is -2.71. The Bertz CT molecular complexity index is 814. The van der Waals surface area contributed by atoms with E-state index in [4.69, 9.17) is 33.0 Å². The van der Waals surface area contributed by atoms with Crippen LogP contribution in [-0.2, 0) is 11.8 Å². The third kappa shape index (κ3) is 4.10. The van der Waals surface area contributed by atoms with E-state index in [1.807, 2.05) is 0 Å². The van der Waals surface area contributed by atoms with Gasteiger partial charge < -0.3 is 14.6 Å². The second-order valence-corrected chi connectivity index (χ2v) is 5.62. The number of ether oxygens (including phenoxy) is 2. The predicted molar refractivity (Wildman–Crippen MR) is 83.0 cm³/mol. The van der Waals surface area contributed by atoms with Crippen LogP contribution in [0.1, 0.15) is 6.92 Å². The average molecular weight is 399 g/mol. The minimum absolute atomic E-state index is 0.133. The molecular weight excluding hydrogens is 388 g/mol. The summed E-state index contributed by atoms with van der Waals surface area (Å²) in [6.07, 6.45) is -1.26. The largest absolute Gasteiger partial charge is 0.479 e. The number of nitrogens with zero attached hydrogens (tertiary/aromatic N) is 2. The molecule has 1 unspecified atom stereocenters. The van der Waals surface area contributed by atoms with E-state index in [0.717, 1.165) is 16.8 Å². The van der Waals surface area contributed by atoms with Gasteiger partial charge in [0, 0.05) is 12.6 Å². The van der Waals surface area contributed by atoms with Gasteiger partial charge in [0.2, 0.25) is 5.88 Å². The van der Waals surface area contributed by atoms with Crippen molar-refractivity contribution in [3.05, 3.63) is 28.0 Å². The predicted octanol–water partition coefficient (Wildman–Crippen LogP) is 3.99. The van der Waals surface area contributed by atoms with Crippen LogP contribution < -0.4 is 9.47 Å². The molecule has 0 fully saturated rings. The number of carboxylic acid groups (broad SMARTS) is 1. The summed E-state index contributed by atoms with van der Waals surface area (Å²) in [7, 11) is 1.28. The molecule has 1 atom stereocenters. The molecule has 1 aromatic heterocycles. The SMILES string of the molecule is CC(Oc1cc(-c2nn(C)c(OC(F)F)c2Cl)c(F)cc1Cl)C(=O)O. The van der Waals surface area contributed by atoms with Crippen LogP contribution in [0, 0.1) is 5.82 Å². The van der Waals surface area contributed by atoms with Crippen molar-refractivity contribution in [1.82, 2.24) is 9.78 Å². The lowest BCUT2D eigenvalue weighted by Gasteiger charge is -2.13. The highest BCUT2D eigenvalue weighted by Gasteiger charge is 2.24. The van der Waals surface area contributed by atoms with Crippen LogP contribution in [0.15, 0.2) is 12.1 Å². The van der Waals surface area contributed by atoms with Gasteiger partial charge in [0.1, 0.15) is 22.3 Å². The lowest BCUT2D eigenvalue weighted by molar-refractivity contribution is -0.144. The van der Waals surface area contributed by atoms with Crippen molar-refractivity contribution in [2.24, 2.45) is 7.05 Å². The third-order valence-corrected chi connectivity index (χ3v) is 3.70. The molecule has 0 aliphatic rings. The molecule has 1 heterocycles. The fourth-order valence-corrected chi connectivity index (χ4v) is 2.41. The molecule has 0 radical (unpaired) electrons.